The molecule has 2 N–H and O–H groups in total. The van der Waals surface area contributed by atoms with Crippen LogP contribution in [0.1, 0.15) is 31.2 Å². The maximum Gasteiger partial charge on any atom is 0.161 e. The summed E-state index contributed by atoms with van der Waals surface area (Å²) in [5.74, 6) is 0.630. The minimum Gasteiger partial charge on any atom is -0.335 e. The lowest BCUT2D eigenvalue weighted by molar-refractivity contribution is 0.400. The van der Waals surface area contributed by atoms with Gasteiger partial charge in [-0.25, -0.2) is 15.0 Å². The van der Waals surface area contributed by atoms with Gasteiger partial charge in [-0.1, -0.05) is 18.7 Å². The summed E-state index contributed by atoms with van der Waals surface area (Å²) in [6.45, 7) is 9.04. The first-order valence-corrected chi connectivity index (χ1v) is 12.3. The van der Waals surface area contributed by atoms with Crippen molar-refractivity contribution in [1.82, 2.24) is 44.6 Å². The van der Waals surface area contributed by atoms with Gasteiger partial charge in [0.1, 0.15) is 11.0 Å². The lowest BCUT2D eigenvalue weighted by Crippen LogP contribution is -2.12. The van der Waals surface area contributed by atoms with E-state index < -0.39 is 0 Å². The SMILES string of the molecule is C=C/C(=C\C(=C/C)c1ccc2[nH]nc(-c3nc4c(-n5cnc(C)c5)cncc4[nH]3)c2n1)CCCN(C)C. The number of aromatic nitrogens is 8. The molecule has 9 heteroatoms. The summed E-state index contributed by atoms with van der Waals surface area (Å²) < 4.78 is 1.93. The van der Waals surface area contributed by atoms with Gasteiger partial charge in [-0.3, -0.25) is 10.1 Å². The Kier molecular flexibility index (Phi) is 6.78. The van der Waals surface area contributed by atoms with Gasteiger partial charge in [-0.15, -0.1) is 0 Å². The number of aromatic amines is 2. The standard InChI is InChI=1S/C28H31N9/c1-6-19(9-8-12-36(4)5)13-20(7-2)21-10-11-22-26(31-21)27(35-34-22)28-32-23-14-29-15-24(25(23)33-28)37-16-18(3)30-17-37/h6-7,10-11,13-17H,1,8-9,12H2,2-5H3,(H,32,33)(H,34,35)/b19-13+,20-7+. The molecule has 0 spiro atoms. The van der Waals surface area contributed by atoms with Crippen molar-refractivity contribution < 1.29 is 0 Å². The quantitative estimate of drug-likeness (QED) is 0.272. The number of hydrogen-bond acceptors (Lipinski definition) is 6. The predicted octanol–water partition coefficient (Wildman–Crippen LogP) is 5.25. The molecule has 0 unspecified atom stereocenters. The van der Waals surface area contributed by atoms with E-state index in [1.807, 2.05) is 42.8 Å². The van der Waals surface area contributed by atoms with E-state index >= 15 is 0 Å². The Morgan fingerprint density at radius 1 is 1.14 bits per heavy atom. The zero-order valence-corrected chi connectivity index (χ0v) is 21.7. The second kappa shape index (κ2) is 10.3. The summed E-state index contributed by atoms with van der Waals surface area (Å²) in [4.78, 5) is 24.2. The average Bonchev–Trinajstić information content (AvgIpc) is 3.62. The van der Waals surface area contributed by atoms with E-state index in [2.05, 4.69) is 62.9 Å². The Bertz CT molecular complexity index is 1630. The maximum absolute atomic E-state index is 4.99. The van der Waals surface area contributed by atoms with E-state index in [4.69, 9.17) is 9.97 Å². The minimum atomic E-state index is 0.630. The molecule has 0 amide bonds. The van der Waals surface area contributed by atoms with Crippen LogP contribution in [-0.2, 0) is 0 Å². The normalized spacial score (nSPS) is 12.8. The Morgan fingerprint density at radius 3 is 2.73 bits per heavy atom. The highest BCUT2D eigenvalue weighted by Gasteiger charge is 2.17. The zero-order chi connectivity index (χ0) is 25.9. The van der Waals surface area contributed by atoms with Gasteiger partial charge in [0.2, 0.25) is 0 Å². The maximum atomic E-state index is 4.99. The van der Waals surface area contributed by atoms with Crippen LogP contribution in [0.4, 0.5) is 0 Å². The summed E-state index contributed by atoms with van der Waals surface area (Å²) in [6, 6.07) is 4.02. The number of H-pyrrole nitrogens is 2. The second-order valence-corrected chi connectivity index (χ2v) is 9.30. The van der Waals surface area contributed by atoms with Crippen molar-refractivity contribution in [2.75, 3.05) is 20.6 Å². The van der Waals surface area contributed by atoms with E-state index in [1.54, 1.807) is 18.7 Å². The molecular formula is C28H31N9. The predicted molar refractivity (Wildman–Crippen MR) is 148 cm³/mol. The van der Waals surface area contributed by atoms with Crippen LogP contribution >= 0.6 is 0 Å². The lowest BCUT2D eigenvalue weighted by atomic mass is 10.0. The number of allylic oxidation sites excluding steroid dienone is 5. The fourth-order valence-corrected chi connectivity index (χ4v) is 4.34. The van der Waals surface area contributed by atoms with Crippen molar-refractivity contribution in [3.05, 3.63) is 78.8 Å². The van der Waals surface area contributed by atoms with Gasteiger partial charge >= 0.3 is 0 Å². The van der Waals surface area contributed by atoms with Gasteiger partial charge in [0.15, 0.2) is 11.5 Å². The third-order valence-corrected chi connectivity index (χ3v) is 6.28. The third-order valence-electron chi connectivity index (χ3n) is 6.28. The average molecular weight is 494 g/mol. The Morgan fingerprint density at radius 2 is 2.00 bits per heavy atom. The smallest absolute Gasteiger partial charge is 0.161 e. The number of pyridine rings is 2. The summed E-state index contributed by atoms with van der Waals surface area (Å²) in [6.07, 6.45) is 15.5. The topological polar surface area (TPSA) is 104 Å². The molecule has 0 aliphatic carbocycles. The molecule has 0 bridgehead atoms. The molecule has 0 saturated carbocycles. The molecule has 5 heterocycles. The van der Waals surface area contributed by atoms with E-state index in [0.29, 0.717) is 11.5 Å². The molecule has 0 saturated heterocycles. The summed E-state index contributed by atoms with van der Waals surface area (Å²) >= 11 is 0. The molecular weight excluding hydrogens is 462 g/mol. The van der Waals surface area contributed by atoms with E-state index in [-0.39, 0.29) is 0 Å². The van der Waals surface area contributed by atoms with Crippen molar-refractivity contribution in [1.29, 1.82) is 0 Å². The molecule has 5 aromatic rings. The number of nitrogens with zero attached hydrogens (tertiary/aromatic N) is 7. The molecule has 0 aliphatic rings. The molecule has 37 heavy (non-hydrogen) atoms. The fourth-order valence-electron chi connectivity index (χ4n) is 4.34. The monoisotopic (exact) mass is 493 g/mol. The van der Waals surface area contributed by atoms with Crippen molar-refractivity contribution in [2.24, 2.45) is 0 Å². The Hall–Kier alpha value is -4.37. The van der Waals surface area contributed by atoms with Crippen LogP contribution in [0.3, 0.4) is 0 Å². The summed E-state index contributed by atoms with van der Waals surface area (Å²) in [7, 11) is 4.18. The van der Waals surface area contributed by atoms with Crippen LogP contribution < -0.4 is 0 Å². The summed E-state index contributed by atoms with van der Waals surface area (Å²) in [5, 5.41) is 7.65. The van der Waals surface area contributed by atoms with E-state index in [1.165, 1.54) is 5.57 Å². The Labute approximate surface area is 215 Å². The van der Waals surface area contributed by atoms with Crippen LogP contribution in [-0.4, -0.2) is 65.2 Å². The highest BCUT2D eigenvalue weighted by Crippen LogP contribution is 2.29. The highest BCUT2D eigenvalue weighted by atomic mass is 15.2. The molecule has 9 nitrogen and oxygen atoms in total. The molecule has 188 valence electrons. The first kappa shape index (κ1) is 24.3. The highest BCUT2D eigenvalue weighted by molar-refractivity contribution is 5.93. The van der Waals surface area contributed by atoms with Crippen LogP contribution in [0.2, 0.25) is 0 Å². The number of fused-ring (bicyclic) bond motifs is 2. The number of nitrogens with one attached hydrogen (secondary N) is 2. The molecule has 0 radical (unpaired) electrons. The molecule has 0 aliphatic heterocycles. The third kappa shape index (κ3) is 4.99. The number of hydrogen-bond donors (Lipinski definition) is 2. The van der Waals surface area contributed by atoms with Gasteiger partial charge < -0.3 is 14.5 Å². The first-order valence-electron chi connectivity index (χ1n) is 12.3. The van der Waals surface area contributed by atoms with Gasteiger partial charge in [0, 0.05) is 6.20 Å². The van der Waals surface area contributed by atoms with Crippen LogP contribution in [0, 0.1) is 6.92 Å². The van der Waals surface area contributed by atoms with E-state index in [9.17, 15) is 0 Å². The number of rotatable bonds is 9. The molecule has 0 aromatic carbocycles. The van der Waals surface area contributed by atoms with Crippen molar-refractivity contribution >= 4 is 27.6 Å². The fraction of sp³-hybridized carbons (Fsp3) is 0.250. The molecule has 5 aromatic heterocycles. The van der Waals surface area contributed by atoms with Crippen molar-refractivity contribution in [3.8, 4) is 17.2 Å². The first-order chi connectivity index (χ1) is 18.0. The van der Waals surface area contributed by atoms with Crippen LogP contribution in [0.25, 0.3) is 44.8 Å². The van der Waals surface area contributed by atoms with Crippen molar-refractivity contribution in [3.63, 3.8) is 0 Å². The zero-order valence-electron chi connectivity index (χ0n) is 21.7. The van der Waals surface area contributed by atoms with Gasteiger partial charge in [-0.2, -0.15) is 5.10 Å². The molecule has 5 rings (SSSR count). The summed E-state index contributed by atoms with van der Waals surface area (Å²) in [5.41, 5.74) is 8.75. The number of imidazole rings is 2. The van der Waals surface area contributed by atoms with Gasteiger partial charge in [0.05, 0.1) is 46.8 Å². The molecule has 0 fully saturated rings. The minimum absolute atomic E-state index is 0.630. The lowest BCUT2D eigenvalue weighted by Gasteiger charge is -2.10. The van der Waals surface area contributed by atoms with Gasteiger partial charge in [-0.05, 0) is 76.7 Å². The van der Waals surface area contributed by atoms with Crippen LogP contribution in [0.15, 0.2) is 67.4 Å². The Balaban J connectivity index is 1.52. The van der Waals surface area contributed by atoms with Crippen LogP contribution in [0.5, 0.6) is 0 Å². The number of aryl methyl sites for hydroxylation is 1. The second-order valence-electron chi connectivity index (χ2n) is 9.30. The van der Waals surface area contributed by atoms with Crippen molar-refractivity contribution in [2.45, 2.75) is 26.7 Å². The van der Waals surface area contributed by atoms with Gasteiger partial charge in [0.25, 0.3) is 0 Å². The van der Waals surface area contributed by atoms with E-state index in [0.717, 1.165) is 64.1 Å². The largest absolute Gasteiger partial charge is 0.335 e. The molecule has 0 atom stereocenters.